The highest BCUT2D eigenvalue weighted by molar-refractivity contribution is 7.83. The van der Waals surface area contributed by atoms with E-state index in [2.05, 4.69) is 0 Å². The van der Waals surface area contributed by atoms with Crippen molar-refractivity contribution in [2.75, 3.05) is 7.11 Å². The number of hydrogen-bond donors (Lipinski definition) is 0. The third-order valence-electron chi connectivity index (χ3n) is 2.93. The van der Waals surface area contributed by atoms with Gasteiger partial charge in [-0.25, -0.2) is 0 Å². The van der Waals surface area contributed by atoms with Gasteiger partial charge in [0, 0.05) is 0 Å². The maximum absolute atomic E-state index is 5.69. The van der Waals surface area contributed by atoms with Gasteiger partial charge in [0.1, 0.15) is 0 Å². The van der Waals surface area contributed by atoms with Crippen molar-refractivity contribution in [3.63, 3.8) is 0 Å². The number of rotatable bonds is 1. The molecule has 0 aromatic carbocycles. The summed E-state index contributed by atoms with van der Waals surface area (Å²) >= 11 is -0.675. The summed E-state index contributed by atoms with van der Waals surface area (Å²) in [7, 11) is 1.65. The van der Waals surface area contributed by atoms with E-state index >= 15 is 0 Å². The Bertz CT molecular complexity index is 161. The molecule has 4 heteroatoms. The number of fused-ring (bicyclic) bond motifs is 1. The Kier molecular flexibility index (Phi) is 4.10. The molecule has 2 fully saturated rings. The Morgan fingerprint density at radius 1 is 0.929 bits per heavy atom. The molecule has 1 heterocycles. The van der Waals surface area contributed by atoms with E-state index in [1.54, 1.807) is 7.11 Å². The van der Waals surface area contributed by atoms with Gasteiger partial charge >= 0.3 is 11.7 Å². The van der Waals surface area contributed by atoms with Crippen LogP contribution >= 0.6 is 0 Å². The average Bonchev–Trinajstić information content (AvgIpc) is 2.60. The maximum atomic E-state index is 5.69. The molecular formula is C10H19O3S+. The van der Waals surface area contributed by atoms with Crippen molar-refractivity contribution in [2.24, 2.45) is 0 Å². The molecule has 2 rings (SSSR count). The fraction of sp³-hybridized carbons (Fsp3) is 1.00. The van der Waals surface area contributed by atoms with Gasteiger partial charge in [-0.3, -0.25) is 0 Å². The molecule has 1 saturated carbocycles. The zero-order valence-corrected chi connectivity index (χ0v) is 9.55. The van der Waals surface area contributed by atoms with Crippen LogP contribution in [0.3, 0.4) is 0 Å². The predicted octanol–water partition coefficient (Wildman–Crippen LogP) is 2.52. The van der Waals surface area contributed by atoms with Crippen LogP contribution in [0.1, 0.15) is 44.9 Å². The minimum atomic E-state index is -0.675. The summed E-state index contributed by atoms with van der Waals surface area (Å²) in [5.74, 6) is 0. The largest absolute Gasteiger partial charge is 0.508 e. The average molecular weight is 219 g/mol. The molecular weight excluding hydrogens is 200 g/mol. The zero-order chi connectivity index (χ0) is 9.80. The molecule has 2 aliphatic rings. The Balaban J connectivity index is 1.89. The minimum Gasteiger partial charge on any atom is -0.112 e. The molecule has 1 saturated heterocycles. The molecule has 1 aliphatic heterocycles. The quantitative estimate of drug-likeness (QED) is 0.634. The highest BCUT2D eigenvalue weighted by Crippen LogP contribution is 2.31. The zero-order valence-electron chi connectivity index (χ0n) is 8.74. The van der Waals surface area contributed by atoms with Crippen LogP contribution in [0.15, 0.2) is 0 Å². The molecule has 0 bridgehead atoms. The van der Waals surface area contributed by atoms with Crippen LogP contribution in [0.4, 0.5) is 0 Å². The topological polar surface area (TPSA) is 27.7 Å². The van der Waals surface area contributed by atoms with Gasteiger partial charge in [-0.05, 0) is 12.8 Å². The van der Waals surface area contributed by atoms with Crippen LogP contribution in [0.5, 0.6) is 0 Å². The van der Waals surface area contributed by atoms with E-state index in [-0.39, 0.29) is 12.2 Å². The monoisotopic (exact) mass is 219 g/mol. The summed E-state index contributed by atoms with van der Waals surface area (Å²) in [5, 5.41) is 0. The third kappa shape index (κ3) is 2.63. The van der Waals surface area contributed by atoms with Crippen molar-refractivity contribution in [3.8, 4) is 0 Å². The van der Waals surface area contributed by atoms with Crippen molar-refractivity contribution in [1.29, 1.82) is 0 Å². The summed E-state index contributed by atoms with van der Waals surface area (Å²) in [5.41, 5.74) is 0. The number of hydrogen-bond acceptors (Lipinski definition) is 3. The Morgan fingerprint density at radius 3 is 1.93 bits per heavy atom. The second kappa shape index (κ2) is 5.35. The van der Waals surface area contributed by atoms with Crippen molar-refractivity contribution in [2.45, 2.75) is 57.2 Å². The second-order valence-electron chi connectivity index (χ2n) is 3.99. The fourth-order valence-electron chi connectivity index (χ4n) is 2.12. The van der Waals surface area contributed by atoms with Crippen LogP contribution < -0.4 is 0 Å². The summed E-state index contributed by atoms with van der Waals surface area (Å²) < 4.78 is 16.5. The SMILES string of the molecule is CO[S+]1OC2CCCCCCCC2O1. The molecule has 2 unspecified atom stereocenters. The van der Waals surface area contributed by atoms with Gasteiger partial charge < -0.3 is 0 Å². The van der Waals surface area contributed by atoms with Crippen LogP contribution in [-0.4, -0.2) is 19.3 Å². The molecule has 0 spiro atoms. The Morgan fingerprint density at radius 2 is 1.43 bits per heavy atom. The molecule has 14 heavy (non-hydrogen) atoms. The smallest absolute Gasteiger partial charge is 0.112 e. The third-order valence-corrected chi connectivity index (χ3v) is 4.01. The maximum Gasteiger partial charge on any atom is 0.508 e. The molecule has 1 aliphatic carbocycles. The molecule has 0 amide bonds. The minimum absolute atomic E-state index is 0.288. The van der Waals surface area contributed by atoms with E-state index in [9.17, 15) is 0 Å². The molecule has 0 aromatic rings. The lowest BCUT2D eigenvalue weighted by atomic mass is 10.1. The lowest BCUT2D eigenvalue weighted by Gasteiger charge is -2.07. The molecule has 0 aromatic heterocycles. The van der Waals surface area contributed by atoms with E-state index < -0.39 is 11.7 Å². The van der Waals surface area contributed by atoms with Gasteiger partial charge in [0.05, 0.1) is 7.11 Å². The van der Waals surface area contributed by atoms with Crippen LogP contribution in [0.25, 0.3) is 0 Å². The predicted molar refractivity (Wildman–Crippen MR) is 56.4 cm³/mol. The van der Waals surface area contributed by atoms with E-state index in [1.165, 1.54) is 32.1 Å². The highest BCUT2D eigenvalue weighted by Gasteiger charge is 2.48. The summed E-state index contributed by atoms with van der Waals surface area (Å²) in [6.45, 7) is 0. The van der Waals surface area contributed by atoms with Crippen LogP contribution in [-0.2, 0) is 24.3 Å². The first-order valence-electron chi connectivity index (χ1n) is 5.53. The van der Waals surface area contributed by atoms with Gasteiger partial charge in [-0.2, -0.15) is 0 Å². The van der Waals surface area contributed by atoms with E-state index in [0.717, 1.165) is 12.8 Å². The lowest BCUT2D eigenvalue weighted by molar-refractivity contribution is 0.137. The van der Waals surface area contributed by atoms with Gasteiger partial charge in [0.15, 0.2) is 12.2 Å². The van der Waals surface area contributed by atoms with E-state index in [4.69, 9.17) is 12.5 Å². The first kappa shape index (κ1) is 10.7. The van der Waals surface area contributed by atoms with Crippen molar-refractivity contribution in [1.82, 2.24) is 0 Å². The lowest BCUT2D eigenvalue weighted by Crippen LogP contribution is -2.21. The Hall–Kier alpha value is 0.230. The first-order valence-corrected chi connectivity index (χ1v) is 6.53. The normalized spacial score (nSPS) is 39.6. The van der Waals surface area contributed by atoms with Crippen molar-refractivity contribution in [3.05, 3.63) is 0 Å². The first-order chi connectivity index (χ1) is 6.90. The highest BCUT2D eigenvalue weighted by atomic mass is 32.3. The summed E-state index contributed by atoms with van der Waals surface area (Å²) in [6.07, 6.45) is 9.44. The van der Waals surface area contributed by atoms with E-state index in [0.29, 0.717) is 0 Å². The van der Waals surface area contributed by atoms with Gasteiger partial charge in [0.25, 0.3) is 0 Å². The van der Waals surface area contributed by atoms with Crippen LogP contribution in [0, 0.1) is 0 Å². The van der Waals surface area contributed by atoms with Gasteiger partial charge in [-0.15, -0.1) is 12.5 Å². The fourth-order valence-corrected chi connectivity index (χ4v) is 3.16. The van der Waals surface area contributed by atoms with Crippen LogP contribution in [0.2, 0.25) is 0 Å². The van der Waals surface area contributed by atoms with Crippen molar-refractivity contribution >= 4 is 11.7 Å². The second-order valence-corrected chi connectivity index (χ2v) is 5.11. The molecule has 3 nitrogen and oxygen atoms in total. The van der Waals surface area contributed by atoms with Gasteiger partial charge in [0.2, 0.25) is 0 Å². The summed E-state index contributed by atoms with van der Waals surface area (Å²) in [4.78, 5) is 0. The molecule has 0 radical (unpaired) electrons. The molecule has 82 valence electrons. The molecule has 2 atom stereocenters. The Labute approximate surface area is 89.1 Å². The summed E-state index contributed by atoms with van der Waals surface area (Å²) in [6, 6.07) is 0. The molecule has 0 N–H and O–H groups in total. The van der Waals surface area contributed by atoms with E-state index in [1.807, 2.05) is 0 Å². The van der Waals surface area contributed by atoms with Crippen molar-refractivity contribution < 1.29 is 12.5 Å². The van der Waals surface area contributed by atoms with Gasteiger partial charge in [-0.1, -0.05) is 32.1 Å². The standard InChI is InChI=1S/C10H19O3S/c1-11-14-12-9-7-5-3-2-4-6-8-10(9)13-14/h9-10H,2-8H2,1H3/q+1.